The van der Waals surface area contributed by atoms with Crippen LogP contribution in [0.25, 0.3) is 0 Å². The fourth-order valence-electron chi connectivity index (χ4n) is 1.19. The van der Waals surface area contributed by atoms with Crippen LogP contribution in [-0.4, -0.2) is 16.3 Å². The minimum atomic E-state index is -0.847. The highest BCUT2D eigenvalue weighted by Crippen LogP contribution is 2.30. The van der Waals surface area contributed by atoms with Crippen molar-refractivity contribution < 1.29 is 9.90 Å². The Balaban J connectivity index is 2.84. The molecule has 84 valence electrons. The molecule has 0 fully saturated rings. The average Bonchev–Trinajstić information content (AvgIpc) is 2.16. The Labute approximate surface area is 103 Å². The fourth-order valence-corrected chi connectivity index (χ4v) is 2.52. The first kappa shape index (κ1) is 12.9. The van der Waals surface area contributed by atoms with Crippen LogP contribution in [0.1, 0.15) is 18.9 Å². The third-order valence-corrected chi connectivity index (χ3v) is 3.25. The van der Waals surface area contributed by atoms with E-state index in [9.17, 15) is 4.79 Å². The Bertz CT molecular complexity index is 442. The van der Waals surface area contributed by atoms with Crippen LogP contribution in [0.3, 0.4) is 0 Å². The van der Waals surface area contributed by atoms with Crippen molar-refractivity contribution in [2.75, 3.05) is 0 Å². The van der Waals surface area contributed by atoms with E-state index >= 15 is 0 Å². The fraction of sp³-hybridized carbons (Fsp3) is 0.273. The van der Waals surface area contributed by atoms with Crippen LogP contribution >= 0.6 is 23.4 Å². The summed E-state index contributed by atoms with van der Waals surface area (Å²) in [7, 11) is 0. The highest BCUT2D eigenvalue weighted by atomic mass is 35.5. The van der Waals surface area contributed by atoms with E-state index in [0.717, 1.165) is 4.90 Å². The number of nitriles is 1. The van der Waals surface area contributed by atoms with Crippen molar-refractivity contribution in [2.24, 2.45) is 0 Å². The zero-order chi connectivity index (χ0) is 12.1. The van der Waals surface area contributed by atoms with E-state index in [2.05, 4.69) is 6.07 Å². The lowest BCUT2D eigenvalue weighted by Gasteiger charge is -2.09. The summed E-state index contributed by atoms with van der Waals surface area (Å²) in [6, 6.07) is 7.02. The molecule has 0 spiro atoms. The molecule has 0 bridgehead atoms. The molecule has 0 radical (unpaired) electrons. The summed E-state index contributed by atoms with van der Waals surface area (Å²) in [6.07, 6.45) is 0.0576. The lowest BCUT2D eigenvalue weighted by molar-refractivity contribution is -0.136. The van der Waals surface area contributed by atoms with E-state index in [1.165, 1.54) is 11.8 Å². The smallest absolute Gasteiger partial charge is 0.304 e. The largest absolute Gasteiger partial charge is 0.481 e. The van der Waals surface area contributed by atoms with Gasteiger partial charge in [0.15, 0.2) is 0 Å². The second-order valence-corrected chi connectivity index (χ2v) is 5.20. The lowest BCUT2D eigenvalue weighted by atomic mass is 10.2. The van der Waals surface area contributed by atoms with E-state index < -0.39 is 5.97 Å². The number of aliphatic carboxylic acids is 1. The molecule has 0 aliphatic heterocycles. The van der Waals surface area contributed by atoms with Crippen LogP contribution in [-0.2, 0) is 4.79 Å². The molecule has 0 saturated carbocycles. The monoisotopic (exact) mass is 255 g/mol. The molecule has 0 aromatic heterocycles. The molecule has 0 saturated heterocycles. The van der Waals surface area contributed by atoms with E-state index in [0.29, 0.717) is 10.6 Å². The highest BCUT2D eigenvalue weighted by molar-refractivity contribution is 8.00. The second kappa shape index (κ2) is 5.78. The second-order valence-electron chi connectivity index (χ2n) is 3.28. The van der Waals surface area contributed by atoms with Crippen LogP contribution in [0.4, 0.5) is 0 Å². The van der Waals surface area contributed by atoms with E-state index in [1.807, 2.05) is 0 Å². The van der Waals surface area contributed by atoms with Gasteiger partial charge >= 0.3 is 5.97 Å². The van der Waals surface area contributed by atoms with Crippen molar-refractivity contribution in [1.29, 1.82) is 5.26 Å². The predicted molar refractivity (Wildman–Crippen MR) is 63.7 cm³/mol. The van der Waals surface area contributed by atoms with Gasteiger partial charge in [-0.05, 0) is 18.2 Å². The maximum Gasteiger partial charge on any atom is 0.304 e. The van der Waals surface area contributed by atoms with Gasteiger partial charge in [0, 0.05) is 15.2 Å². The number of rotatable bonds is 4. The molecule has 3 nitrogen and oxygen atoms in total. The van der Waals surface area contributed by atoms with E-state index in [4.69, 9.17) is 22.0 Å². The highest BCUT2D eigenvalue weighted by Gasteiger charge is 2.12. The number of hydrogen-bond donors (Lipinski definition) is 1. The normalized spacial score (nSPS) is 11.8. The molecule has 1 rings (SSSR count). The van der Waals surface area contributed by atoms with Crippen molar-refractivity contribution >= 4 is 29.3 Å². The number of benzene rings is 1. The van der Waals surface area contributed by atoms with Crippen LogP contribution in [0.2, 0.25) is 5.02 Å². The van der Waals surface area contributed by atoms with Crippen LogP contribution in [0, 0.1) is 11.3 Å². The summed E-state index contributed by atoms with van der Waals surface area (Å²) in [5.41, 5.74) is 0.520. The maximum absolute atomic E-state index is 10.5. The van der Waals surface area contributed by atoms with Crippen LogP contribution < -0.4 is 0 Å². The summed E-state index contributed by atoms with van der Waals surface area (Å²) in [5, 5.41) is 18.0. The van der Waals surface area contributed by atoms with Gasteiger partial charge in [0.05, 0.1) is 12.0 Å². The molecule has 0 aliphatic rings. The number of halogens is 1. The summed E-state index contributed by atoms with van der Waals surface area (Å²) in [6.45, 7) is 1.81. The number of nitrogens with zero attached hydrogens (tertiary/aromatic N) is 1. The summed E-state index contributed by atoms with van der Waals surface area (Å²) >= 11 is 7.17. The molecule has 1 atom stereocenters. The van der Waals surface area contributed by atoms with Gasteiger partial charge in [-0.15, -0.1) is 11.8 Å². The Morgan fingerprint density at radius 3 is 2.94 bits per heavy atom. The Morgan fingerprint density at radius 1 is 1.69 bits per heavy atom. The number of hydrogen-bond acceptors (Lipinski definition) is 3. The molecule has 1 unspecified atom stereocenters. The van der Waals surface area contributed by atoms with Crippen LogP contribution in [0.15, 0.2) is 23.1 Å². The molecule has 0 heterocycles. The van der Waals surface area contributed by atoms with E-state index in [-0.39, 0.29) is 11.7 Å². The Kier molecular flexibility index (Phi) is 4.66. The number of thioether (sulfide) groups is 1. The molecule has 1 aromatic carbocycles. The van der Waals surface area contributed by atoms with Gasteiger partial charge in [0.25, 0.3) is 0 Å². The first-order chi connectivity index (χ1) is 7.52. The minimum absolute atomic E-state index is 0.0576. The van der Waals surface area contributed by atoms with Gasteiger partial charge in [-0.2, -0.15) is 5.26 Å². The third kappa shape index (κ3) is 3.76. The number of carboxylic acids is 1. The van der Waals surface area contributed by atoms with E-state index in [1.54, 1.807) is 25.1 Å². The Hall–Kier alpha value is -1.18. The van der Waals surface area contributed by atoms with Crippen molar-refractivity contribution in [1.82, 2.24) is 0 Å². The molecule has 5 heteroatoms. The van der Waals surface area contributed by atoms with Crippen molar-refractivity contribution in [3.63, 3.8) is 0 Å². The number of carbonyl (C=O) groups is 1. The summed E-state index contributed by atoms with van der Waals surface area (Å²) < 4.78 is 0. The van der Waals surface area contributed by atoms with Crippen LogP contribution in [0.5, 0.6) is 0 Å². The molecule has 16 heavy (non-hydrogen) atoms. The minimum Gasteiger partial charge on any atom is -0.481 e. The average molecular weight is 256 g/mol. The van der Waals surface area contributed by atoms with Gasteiger partial charge in [-0.1, -0.05) is 18.5 Å². The molecule has 0 aliphatic carbocycles. The topological polar surface area (TPSA) is 61.1 Å². The molecular weight excluding hydrogens is 246 g/mol. The Morgan fingerprint density at radius 2 is 2.38 bits per heavy atom. The summed E-state index contributed by atoms with van der Waals surface area (Å²) in [5.74, 6) is -0.847. The quantitative estimate of drug-likeness (QED) is 0.840. The predicted octanol–water partition coefficient (Wildman–Crippen LogP) is 3.17. The zero-order valence-corrected chi connectivity index (χ0v) is 10.2. The standard InChI is InChI=1S/C11H10ClNO2S/c1-7(4-11(14)15)16-10-5-9(12)3-2-8(10)6-13/h2-3,5,7H,4H2,1H3,(H,14,15). The third-order valence-electron chi connectivity index (χ3n) is 1.85. The van der Waals surface area contributed by atoms with Gasteiger partial charge in [0.2, 0.25) is 0 Å². The SMILES string of the molecule is CC(CC(=O)O)Sc1cc(Cl)ccc1C#N. The van der Waals surface area contributed by atoms with Gasteiger partial charge in [-0.25, -0.2) is 0 Å². The molecular formula is C11H10ClNO2S. The van der Waals surface area contributed by atoms with Gasteiger partial charge in [0.1, 0.15) is 6.07 Å². The zero-order valence-electron chi connectivity index (χ0n) is 8.61. The first-order valence-electron chi connectivity index (χ1n) is 4.61. The first-order valence-corrected chi connectivity index (χ1v) is 5.86. The van der Waals surface area contributed by atoms with Gasteiger partial charge < -0.3 is 5.11 Å². The lowest BCUT2D eigenvalue weighted by Crippen LogP contribution is -2.05. The van der Waals surface area contributed by atoms with Crippen molar-refractivity contribution in [2.45, 2.75) is 23.5 Å². The summed E-state index contributed by atoms with van der Waals surface area (Å²) in [4.78, 5) is 11.2. The van der Waals surface area contributed by atoms with Gasteiger partial charge in [-0.3, -0.25) is 4.79 Å². The molecule has 0 amide bonds. The maximum atomic E-state index is 10.5. The molecule has 1 N–H and O–H groups in total. The molecule has 1 aromatic rings. The number of carboxylic acid groups (broad SMARTS) is 1. The van der Waals surface area contributed by atoms with Crippen molar-refractivity contribution in [3.05, 3.63) is 28.8 Å². The van der Waals surface area contributed by atoms with Crippen molar-refractivity contribution in [3.8, 4) is 6.07 Å².